The number of ether oxygens (including phenoxy) is 3. The first kappa shape index (κ1) is 24.0. The molecule has 1 aromatic carbocycles. The van der Waals surface area contributed by atoms with Gasteiger partial charge in [0.25, 0.3) is 0 Å². The van der Waals surface area contributed by atoms with Crippen LogP contribution in [-0.4, -0.2) is 77.1 Å². The maximum atomic E-state index is 13.4. The fourth-order valence-corrected chi connectivity index (χ4v) is 4.32. The van der Waals surface area contributed by atoms with Gasteiger partial charge in [-0.2, -0.15) is 0 Å². The Labute approximate surface area is 188 Å². The Morgan fingerprint density at radius 2 is 1.88 bits per heavy atom. The van der Waals surface area contributed by atoms with E-state index in [2.05, 4.69) is 0 Å². The lowest BCUT2D eigenvalue weighted by molar-refractivity contribution is -0.139. The van der Waals surface area contributed by atoms with Crippen LogP contribution in [0.1, 0.15) is 45.7 Å². The lowest BCUT2D eigenvalue weighted by atomic mass is 9.93. The molecule has 0 bridgehead atoms. The zero-order valence-corrected chi connectivity index (χ0v) is 19.2. The number of rotatable bonds is 5. The van der Waals surface area contributed by atoms with Crippen molar-refractivity contribution in [1.82, 2.24) is 9.80 Å². The normalized spacial score (nSPS) is 25.4. The number of nitrogens with zero attached hydrogens (tertiary/aromatic N) is 2. The summed E-state index contributed by atoms with van der Waals surface area (Å²) in [4.78, 5) is 41.1. The van der Waals surface area contributed by atoms with Gasteiger partial charge in [-0.15, -0.1) is 0 Å². The minimum atomic E-state index is -0.780. The van der Waals surface area contributed by atoms with Crippen LogP contribution in [-0.2, 0) is 19.0 Å². The Morgan fingerprint density at radius 3 is 2.47 bits per heavy atom. The molecule has 3 rings (SSSR count). The van der Waals surface area contributed by atoms with Gasteiger partial charge in [0, 0.05) is 7.11 Å². The molecule has 1 aromatic rings. The van der Waals surface area contributed by atoms with Gasteiger partial charge in [-0.3, -0.25) is 9.69 Å². The van der Waals surface area contributed by atoms with Gasteiger partial charge in [-0.05, 0) is 32.8 Å². The van der Waals surface area contributed by atoms with Gasteiger partial charge in [0.2, 0.25) is 5.91 Å². The predicted octanol–water partition coefficient (Wildman–Crippen LogP) is 2.73. The van der Waals surface area contributed by atoms with Crippen LogP contribution in [0.3, 0.4) is 0 Å². The van der Waals surface area contributed by atoms with Crippen molar-refractivity contribution in [2.24, 2.45) is 5.92 Å². The molecule has 2 heterocycles. The maximum Gasteiger partial charge on any atom is 0.417 e. The SMILES string of the molecule is CO[C@H]([C@@H](C)C(=O)N1C(=O)OC[C@H]1c1ccccc1)[C@@H]1C[C@@H](O)CN1C(=O)OC(C)(C)C. The highest BCUT2D eigenvalue weighted by Crippen LogP contribution is 2.33. The monoisotopic (exact) mass is 448 g/mol. The third-order valence-electron chi connectivity index (χ3n) is 5.78. The van der Waals surface area contributed by atoms with Crippen molar-refractivity contribution in [1.29, 1.82) is 0 Å². The van der Waals surface area contributed by atoms with Crippen molar-refractivity contribution in [3.05, 3.63) is 35.9 Å². The topological polar surface area (TPSA) is 106 Å². The highest BCUT2D eigenvalue weighted by Gasteiger charge is 2.48. The first-order valence-electron chi connectivity index (χ1n) is 10.8. The minimum Gasteiger partial charge on any atom is -0.446 e. The molecule has 3 amide bonds. The van der Waals surface area contributed by atoms with E-state index in [1.165, 1.54) is 12.0 Å². The Balaban J connectivity index is 1.82. The number of cyclic esters (lactones) is 1. The van der Waals surface area contributed by atoms with Crippen molar-refractivity contribution in [3.63, 3.8) is 0 Å². The predicted molar refractivity (Wildman–Crippen MR) is 115 cm³/mol. The molecule has 0 aromatic heterocycles. The third kappa shape index (κ3) is 5.05. The number of carbonyl (C=O) groups is 3. The largest absolute Gasteiger partial charge is 0.446 e. The van der Waals surface area contributed by atoms with Gasteiger partial charge in [0.15, 0.2) is 0 Å². The molecule has 1 N–H and O–H groups in total. The van der Waals surface area contributed by atoms with Crippen molar-refractivity contribution in [3.8, 4) is 0 Å². The molecule has 0 radical (unpaired) electrons. The number of imide groups is 1. The summed E-state index contributed by atoms with van der Waals surface area (Å²) in [7, 11) is 1.45. The smallest absolute Gasteiger partial charge is 0.417 e. The molecular formula is C23H32N2O7. The van der Waals surface area contributed by atoms with Gasteiger partial charge in [0.05, 0.1) is 30.7 Å². The summed E-state index contributed by atoms with van der Waals surface area (Å²) in [5, 5.41) is 10.3. The lowest BCUT2D eigenvalue weighted by Gasteiger charge is -2.35. The number of benzene rings is 1. The molecule has 0 unspecified atom stereocenters. The average molecular weight is 449 g/mol. The molecule has 2 aliphatic rings. The van der Waals surface area contributed by atoms with Crippen LogP contribution in [0, 0.1) is 5.92 Å². The summed E-state index contributed by atoms with van der Waals surface area (Å²) in [6, 6.07) is 8.07. The van der Waals surface area contributed by atoms with E-state index in [-0.39, 0.29) is 19.6 Å². The molecule has 2 saturated heterocycles. The molecule has 9 heteroatoms. The fourth-order valence-electron chi connectivity index (χ4n) is 4.32. The molecule has 32 heavy (non-hydrogen) atoms. The van der Waals surface area contributed by atoms with E-state index in [0.717, 1.165) is 10.5 Å². The van der Waals surface area contributed by atoms with Crippen molar-refractivity contribution >= 4 is 18.1 Å². The second kappa shape index (κ2) is 9.46. The standard InChI is InChI=1S/C23H32N2O7/c1-14(20(27)25-18(13-31-22(25)29)15-9-7-6-8-10-15)19(30-5)17-11-16(26)12-24(17)21(28)32-23(2,3)4/h6-10,14,16-19,26H,11-13H2,1-5H3/t14-,16-,17+,18+,19-/m1/s1. The molecule has 5 atom stereocenters. The number of hydrogen-bond donors (Lipinski definition) is 1. The quantitative estimate of drug-likeness (QED) is 0.738. The summed E-state index contributed by atoms with van der Waals surface area (Å²) < 4.78 is 16.3. The van der Waals surface area contributed by atoms with Crippen molar-refractivity contribution in [2.75, 3.05) is 20.3 Å². The number of β-amino-alcohol motifs (C(OH)–C–C–N with tert-alkyl or cyclic N) is 1. The van der Waals surface area contributed by atoms with Crippen LogP contribution < -0.4 is 0 Å². The molecule has 0 spiro atoms. The van der Waals surface area contributed by atoms with Crippen molar-refractivity contribution < 1.29 is 33.7 Å². The third-order valence-corrected chi connectivity index (χ3v) is 5.78. The molecule has 0 saturated carbocycles. The van der Waals surface area contributed by atoms with E-state index < -0.39 is 53.9 Å². The summed E-state index contributed by atoms with van der Waals surface area (Å²) in [6.07, 6.45) is -2.56. The van der Waals surface area contributed by atoms with Crippen molar-refractivity contribution in [2.45, 2.75) is 64.0 Å². The molecule has 176 valence electrons. The Kier molecular flexibility index (Phi) is 7.09. The van der Waals surface area contributed by atoms with Crippen LogP contribution in [0.15, 0.2) is 30.3 Å². The molecule has 9 nitrogen and oxygen atoms in total. The average Bonchev–Trinajstić information content (AvgIpc) is 3.30. The Bertz CT molecular complexity index is 838. The minimum absolute atomic E-state index is 0.0745. The molecule has 0 aliphatic carbocycles. The first-order valence-corrected chi connectivity index (χ1v) is 10.8. The zero-order valence-electron chi connectivity index (χ0n) is 19.2. The van der Waals surface area contributed by atoms with Crippen LogP contribution in [0.25, 0.3) is 0 Å². The van der Waals surface area contributed by atoms with E-state index in [1.54, 1.807) is 27.7 Å². The number of likely N-dealkylation sites (tertiary alicyclic amines) is 1. The second-order valence-electron chi connectivity index (χ2n) is 9.29. The maximum absolute atomic E-state index is 13.4. The summed E-state index contributed by atoms with van der Waals surface area (Å²) >= 11 is 0. The van der Waals surface area contributed by atoms with Crippen LogP contribution in [0.5, 0.6) is 0 Å². The van der Waals surface area contributed by atoms with Crippen LogP contribution in [0.2, 0.25) is 0 Å². The fraction of sp³-hybridized carbons (Fsp3) is 0.609. The highest BCUT2D eigenvalue weighted by molar-refractivity contribution is 5.95. The first-order chi connectivity index (χ1) is 15.0. The number of aliphatic hydroxyl groups excluding tert-OH is 1. The van der Waals surface area contributed by atoms with E-state index in [9.17, 15) is 19.5 Å². The molecular weight excluding hydrogens is 416 g/mol. The Hall–Kier alpha value is -2.65. The van der Waals surface area contributed by atoms with E-state index in [1.807, 2.05) is 30.3 Å². The number of aliphatic hydroxyl groups is 1. The number of amides is 3. The van der Waals surface area contributed by atoms with E-state index >= 15 is 0 Å². The second-order valence-corrected chi connectivity index (χ2v) is 9.29. The van der Waals surface area contributed by atoms with Gasteiger partial charge < -0.3 is 19.3 Å². The van der Waals surface area contributed by atoms with Gasteiger partial charge in [-0.25, -0.2) is 14.5 Å². The summed E-state index contributed by atoms with van der Waals surface area (Å²) in [5.74, 6) is -1.24. The molecule has 2 aliphatic heterocycles. The van der Waals surface area contributed by atoms with E-state index in [0.29, 0.717) is 0 Å². The zero-order chi connectivity index (χ0) is 23.6. The highest BCUT2D eigenvalue weighted by atomic mass is 16.6. The van der Waals surface area contributed by atoms with E-state index in [4.69, 9.17) is 14.2 Å². The van der Waals surface area contributed by atoms with Gasteiger partial charge in [-0.1, -0.05) is 37.3 Å². The molecule has 2 fully saturated rings. The van der Waals surface area contributed by atoms with Gasteiger partial charge >= 0.3 is 12.2 Å². The lowest BCUT2D eigenvalue weighted by Crippen LogP contribution is -2.51. The number of methoxy groups -OCH3 is 1. The summed E-state index contributed by atoms with van der Waals surface area (Å²) in [5.41, 5.74) is 0.0843. The van der Waals surface area contributed by atoms with Crippen LogP contribution in [0.4, 0.5) is 9.59 Å². The number of carbonyl (C=O) groups excluding carboxylic acids is 3. The number of hydrogen-bond acceptors (Lipinski definition) is 7. The van der Waals surface area contributed by atoms with Crippen LogP contribution >= 0.6 is 0 Å². The Morgan fingerprint density at radius 1 is 1.22 bits per heavy atom. The summed E-state index contributed by atoms with van der Waals surface area (Å²) in [6.45, 7) is 7.09. The van der Waals surface area contributed by atoms with Gasteiger partial charge in [0.1, 0.15) is 18.2 Å².